The summed E-state index contributed by atoms with van der Waals surface area (Å²) in [6.45, 7) is 3.17. The summed E-state index contributed by atoms with van der Waals surface area (Å²) in [5, 5.41) is 2.92. The molecular weight excluding hydrogens is 380 g/mol. The van der Waals surface area contributed by atoms with Crippen molar-refractivity contribution < 1.29 is 14.3 Å². The van der Waals surface area contributed by atoms with Crippen LogP contribution in [0.2, 0.25) is 0 Å². The highest BCUT2D eigenvalue weighted by atomic mass is 16.5. The summed E-state index contributed by atoms with van der Waals surface area (Å²) >= 11 is 0. The number of anilines is 2. The number of aromatic nitrogens is 2. The van der Waals surface area contributed by atoms with E-state index in [-0.39, 0.29) is 24.3 Å². The number of imidazole rings is 1. The molecule has 154 valence electrons. The lowest BCUT2D eigenvalue weighted by atomic mass is 10.1. The van der Waals surface area contributed by atoms with E-state index < -0.39 is 6.04 Å². The lowest BCUT2D eigenvalue weighted by molar-refractivity contribution is -0.124. The van der Waals surface area contributed by atoms with E-state index in [1.54, 1.807) is 4.90 Å². The number of hydrogen-bond acceptors (Lipinski definition) is 4. The van der Waals surface area contributed by atoms with Crippen molar-refractivity contribution in [1.29, 1.82) is 0 Å². The molecule has 2 aliphatic rings. The second-order valence-electron chi connectivity index (χ2n) is 7.99. The molecule has 1 N–H and O–H groups in total. The molecule has 2 aliphatic heterocycles. The molecule has 1 aromatic heterocycles. The first-order chi connectivity index (χ1) is 14.6. The minimum Gasteiger partial charge on any atom is -0.376 e. The molecule has 0 radical (unpaired) electrons. The van der Waals surface area contributed by atoms with Crippen LogP contribution < -0.4 is 10.2 Å². The summed E-state index contributed by atoms with van der Waals surface area (Å²) in [6.07, 6.45) is 2.01. The Bertz CT molecular complexity index is 1120. The molecule has 3 heterocycles. The molecule has 7 nitrogen and oxygen atoms in total. The van der Waals surface area contributed by atoms with Gasteiger partial charge in [0.1, 0.15) is 6.04 Å². The Hall–Kier alpha value is -3.19. The first-order valence-corrected chi connectivity index (χ1v) is 10.4. The minimum absolute atomic E-state index is 0.0158. The van der Waals surface area contributed by atoms with Gasteiger partial charge in [-0.05, 0) is 49.6 Å². The molecule has 2 amide bonds. The molecule has 0 saturated carbocycles. The fraction of sp³-hybridized carbons (Fsp3) is 0.348. The summed E-state index contributed by atoms with van der Waals surface area (Å²) in [5.74, 6) is 0.310. The van der Waals surface area contributed by atoms with Gasteiger partial charge in [0.2, 0.25) is 11.9 Å². The summed E-state index contributed by atoms with van der Waals surface area (Å²) in [5.41, 5.74) is 3.48. The van der Waals surface area contributed by atoms with Crippen LogP contribution in [0.5, 0.6) is 0 Å². The van der Waals surface area contributed by atoms with E-state index in [4.69, 9.17) is 9.72 Å². The molecule has 3 aromatic rings. The Kier molecular flexibility index (Phi) is 4.75. The number of benzene rings is 2. The van der Waals surface area contributed by atoms with Crippen molar-refractivity contribution in [2.75, 3.05) is 23.4 Å². The fourth-order valence-electron chi connectivity index (χ4n) is 4.37. The lowest BCUT2D eigenvalue weighted by Crippen LogP contribution is -2.37. The van der Waals surface area contributed by atoms with Crippen molar-refractivity contribution in [3.05, 3.63) is 54.1 Å². The third kappa shape index (κ3) is 3.35. The maximum absolute atomic E-state index is 13.3. The lowest BCUT2D eigenvalue weighted by Gasteiger charge is -2.19. The predicted molar refractivity (Wildman–Crippen MR) is 115 cm³/mol. The quantitative estimate of drug-likeness (QED) is 0.707. The van der Waals surface area contributed by atoms with Crippen LogP contribution in [0, 0.1) is 6.92 Å². The largest absolute Gasteiger partial charge is 0.376 e. The van der Waals surface area contributed by atoms with Gasteiger partial charge in [0.25, 0.3) is 5.91 Å². The van der Waals surface area contributed by atoms with Gasteiger partial charge in [0, 0.05) is 12.3 Å². The number of nitrogens with zero attached hydrogens (tertiary/aromatic N) is 3. The van der Waals surface area contributed by atoms with Gasteiger partial charge in [-0.25, -0.2) is 4.98 Å². The summed E-state index contributed by atoms with van der Waals surface area (Å²) in [7, 11) is 0. The van der Waals surface area contributed by atoms with Gasteiger partial charge in [0.05, 0.1) is 30.1 Å². The van der Waals surface area contributed by atoms with Crippen molar-refractivity contribution in [1.82, 2.24) is 9.55 Å². The Morgan fingerprint density at radius 1 is 1.23 bits per heavy atom. The van der Waals surface area contributed by atoms with Crippen LogP contribution in [0.15, 0.2) is 48.5 Å². The first kappa shape index (κ1) is 18.8. The van der Waals surface area contributed by atoms with E-state index in [0.717, 1.165) is 41.7 Å². The molecule has 1 saturated heterocycles. The highest BCUT2D eigenvalue weighted by molar-refractivity contribution is 6.05. The van der Waals surface area contributed by atoms with Gasteiger partial charge in [-0.1, -0.05) is 24.3 Å². The van der Waals surface area contributed by atoms with Crippen LogP contribution in [0.25, 0.3) is 11.0 Å². The highest BCUT2D eigenvalue weighted by Gasteiger charge is 2.42. The first-order valence-electron chi connectivity index (χ1n) is 10.4. The Morgan fingerprint density at radius 2 is 2.10 bits per heavy atom. The zero-order valence-corrected chi connectivity index (χ0v) is 16.9. The predicted octanol–water partition coefficient (Wildman–Crippen LogP) is 3.44. The fourth-order valence-corrected chi connectivity index (χ4v) is 4.37. The molecule has 0 bridgehead atoms. The van der Waals surface area contributed by atoms with E-state index in [0.29, 0.717) is 12.5 Å². The maximum Gasteiger partial charge on any atom is 0.253 e. The summed E-state index contributed by atoms with van der Waals surface area (Å²) in [6, 6.07) is 14.8. The number of rotatable bonds is 5. The molecular formula is C23H24N4O3. The number of nitrogens with one attached hydrogen (secondary N) is 1. The van der Waals surface area contributed by atoms with Crippen molar-refractivity contribution in [3.63, 3.8) is 0 Å². The number of fused-ring (bicyclic) bond motifs is 3. The molecule has 2 aromatic carbocycles. The minimum atomic E-state index is -0.612. The van der Waals surface area contributed by atoms with Gasteiger partial charge in [0.15, 0.2) is 0 Å². The third-order valence-corrected chi connectivity index (χ3v) is 5.77. The molecule has 2 atom stereocenters. The number of amides is 2. The van der Waals surface area contributed by atoms with E-state index in [1.165, 1.54) is 0 Å². The monoisotopic (exact) mass is 404 g/mol. The number of para-hydroxylation sites is 2. The normalized spacial score (nSPS) is 20.7. The summed E-state index contributed by atoms with van der Waals surface area (Å²) < 4.78 is 7.65. The number of hydrogen-bond donors (Lipinski definition) is 1. The molecule has 30 heavy (non-hydrogen) atoms. The van der Waals surface area contributed by atoms with Gasteiger partial charge in [-0.3, -0.25) is 19.1 Å². The molecule has 0 aliphatic carbocycles. The Morgan fingerprint density at radius 3 is 2.90 bits per heavy atom. The van der Waals surface area contributed by atoms with E-state index in [1.807, 2.05) is 60.0 Å². The van der Waals surface area contributed by atoms with Crippen molar-refractivity contribution in [3.8, 4) is 0 Å². The zero-order chi connectivity index (χ0) is 20.7. The van der Waals surface area contributed by atoms with Crippen LogP contribution in [-0.4, -0.2) is 40.6 Å². The van der Waals surface area contributed by atoms with E-state index >= 15 is 0 Å². The van der Waals surface area contributed by atoms with Crippen molar-refractivity contribution >= 4 is 34.5 Å². The second kappa shape index (κ2) is 7.57. The van der Waals surface area contributed by atoms with E-state index in [9.17, 15) is 9.59 Å². The Balaban J connectivity index is 1.44. The SMILES string of the molecule is Cc1cccc(NC(=O)C[C@@H]2C(=O)N(C[C@H]3CCCO3)c3nc4ccccc4n32)c1. The van der Waals surface area contributed by atoms with Gasteiger partial charge in [-0.15, -0.1) is 0 Å². The van der Waals surface area contributed by atoms with Gasteiger partial charge < -0.3 is 10.1 Å². The van der Waals surface area contributed by atoms with Gasteiger partial charge in [-0.2, -0.15) is 0 Å². The van der Waals surface area contributed by atoms with Crippen LogP contribution in [0.4, 0.5) is 11.6 Å². The van der Waals surface area contributed by atoms with Crippen molar-refractivity contribution in [2.24, 2.45) is 0 Å². The topological polar surface area (TPSA) is 76.5 Å². The third-order valence-electron chi connectivity index (χ3n) is 5.77. The number of ether oxygens (including phenoxy) is 1. The summed E-state index contributed by atoms with van der Waals surface area (Å²) in [4.78, 5) is 32.5. The second-order valence-corrected chi connectivity index (χ2v) is 7.99. The standard InChI is InChI=1S/C23H24N4O3/c1-15-6-4-7-16(12-15)24-21(28)13-20-22(29)26(14-17-8-5-11-30-17)23-25-18-9-2-3-10-19(18)27(20)23/h2-4,6-7,9-10,12,17,20H,5,8,11,13-14H2,1H3,(H,24,28)/t17-,20-/m1/s1. The van der Waals surface area contributed by atoms with Crippen LogP contribution in [0.1, 0.15) is 30.9 Å². The van der Waals surface area contributed by atoms with Crippen LogP contribution >= 0.6 is 0 Å². The molecule has 1 fully saturated rings. The van der Waals surface area contributed by atoms with Crippen molar-refractivity contribution in [2.45, 2.75) is 38.3 Å². The van der Waals surface area contributed by atoms with E-state index in [2.05, 4.69) is 5.32 Å². The number of carbonyl (C=O) groups excluding carboxylic acids is 2. The van der Waals surface area contributed by atoms with Crippen LogP contribution in [0.3, 0.4) is 0 Å². The zero-order valence-electron chi connectivity index (χ0n) is 16.9. The highest BCUT2D eigenvalue weighted by Crippen LogP contribution is 2.37. The molecule has 0 spiro atoms. The average molecular weight is 404 g/mol. The maximum atomic E-state index is 13.3. The Labute approximate surface area is 174 Å². The smallest absolute Gasteiger partial charge is 0.253 e. The average Bonchev–Trinajstić information content (AvgIpc) is 3.42. The van der Waals surface area contributed by atoms with Crippen LogP contribution in [-0.2, 0) is 14.3 Å². The molecule has 5 rings (SSSR count). The number of aryl methyl sites for hydroxylation is 1. The van der Waals surface area contributed by atoms with Gasteiger partial charge >= 0.3 is 0 Å². The molecule has 0 unspecified atom stereocenters. The molecule has 7 heteroatoms. The number of carbonyl (C=O) groups is 2.